The van der Waals surface area contributed by atoms with Crippen LogP contribution in [0.25, 0.3) is 6.08 Å². The van der Waals surface area contributed by atoms with Gasteiger partial charge in [-0.25, -0.2) is 0 Å². The first kappa shape index (κ1) is 10.0. The van der Waals surface area contributed by atoms with E-state index in [1.54, 1.807) is 0 Å². The Morgan fingerprint density at radius 2 is 2.38 bits per heavy atom. The Balaban J connectivity index is 2.51. The molecule has 0 saturated carbocycles. The summed E-state index contributed by atoms with van der Waals surface area (Å²) in [6, 6.07) is 8.23. The largest absolute Gasteiger partial charge is 0.427 e. The predicted molar refractivity (Wildman–Crippen MR) is 57.5 cm³/mol. The monoisotopic (exact) mass is 175 g/mol. The topological polar surface area (TPSA) is 35.2 Å². The number of nitrogens with two attached hydrogens (primary N) is 1. The first-order valence-corrected chi connectivity index (χ1v) is 4.36. The highest BCUT2D eigenvalue weighted by Crippen LogP contribution is 2.06. The molecule has 13 heavy (non-hydrogen) atoms. The first-order chi connectivity index (χ1) is 6.36. The van der Waals surface area contributed by atoms with Crippen LogP contribution in [-0.4, -0.2) is 14.2 Å². The molecule has 0 aliphatic carbocycles. The Hall–Kier alpha value is -1.06. The van der Waals surface area contributed by atoms with Crippen molar-refractivity contribution in [2.75, 3.05) is 6.73 Å². The molecular weight excluding hydrogens is 161 g/mol. The van der Waals surface area contributed by atoms with Gasteiger partial charge in [-0.2, -0.15) is 0 Å². The van der Waals surface area contributed by atoms with Crippen LogP contribution in [0.3, 0.4) is 0 Å². The molecule has 0 amide bonds. The third-order valence-corrected chi connectivity index (χ3v) is 1.84. The summed E-state index contributed by atoms with van der Waals surface area (Å²) in [6.45, 7) is 4.01. The van der Waals surface area contributed by atoms with Crippen LogP contribution in [0.1, 0.15) is 11.1 Å². The zero-order valence-electron chi connectivity index (χ0n) is 7.70. The van der Waals surface area contributed by atoms with Crippen LogP contribution in [0.4, 0.5) is 0 Å². The van der Waals surface area contributed by atoms with Gasteiger partial charge in [0, 0.05) is 0 Å². The molecule has 0 unspecified atom stereocenters. The lowest BCUT2D eigenvalue weighted by molar-refractivity contribution is 0.348. The molecule has 1 aromatic rings. The molecule has 2 N–H and O–H groups in total. The molecule has 2 nitrogen and oxygen atoms in total. The van der Waals surface area contributed by atoms with E-state index in [0.717, 1.165) is 11.9 Å². The fraction of sp³-hybridized carbons (Fsp3) is 0.200. The van der Waals surface area contributed by atoms with Crippen LogP contribution in [0.15, 0.2) is 30.8 Å². The Labute approximate surface area is 79.7 Å². The van der Waals surface area contributed by atoms with Gasteiger partial charge >= 0.3 is 0 Å². The second kappa shape index (κ2) is 5.57. The lowest BCUT2D eigenvalue weighted by Gasteiger charge is -2.01. The second-order valence-electron chi connectivity index (χ2n) is 2.77. The molecule has 0 aliphatic rings. The molecule has 0 aliphatic heterocycles. The van der Waals surface area contributed by atoms with Gasteiger partial charge in [0.2, 0.25) is 0 Å². The zero-order chi connectivity index (χ0) is 9.52. The van der Waals surface area contributed by atoms with Crippen LogP contribution in [0.5, 0.6) is 0 Å². The van der Waals surface area contributed by atoms with E-state index in [1.807, 2.05) is 18.2 Å². The minimum atomic E-state index is 0.293. The molecule has 1 rings (SSSR count). The van der Waals surface area contributed by atoms with Crippen LogP contribution < -0.4 is 5.73 Å². The van der Waals surface area contributed by atoms with E-state index in [9.17, 15) is 0 Å². The average Bonchev–Trinajstić information content (AvgIpc) is 2.19. The summed E-state index contributed by atoms with van der Waals surface area (Å²) < 4.78 is 5.06. The van der Waals surface area contributed by atoms with Gasteiger partial charge in [0.1, 0.15) is 0 Å². The van der Waals surface area contributed by atoms with Crippen molar-refractivity contribution in [2.45, 2.75) is 6.32 Å². The quantitative estimate of drug-likeness (QED) is 0.413. The highest BCUT2D eigenvalue weighted by Gasteiger charge is 1.95. The average molecular weight is 175 g/mol. The van der Waals surface area contributed by atoms with Gasteiger partial charge in [-0.3, -0.25) is 0 Å². The van der Waals surface area contributed by atoms with Gasteiger partial charge in [-0.05, 0) is 11.9 Å². The Morgan fingerprint density at radius 3 is 3.08 bits per heavy atom. The van der Waals surface area contributed by atoms with Crippen molar-refractivity contribution in [1.82, 2.24) is 0 Å². The number of hydrogen-bond donors (Lipinski definition) is 1. The van der Waals surface area contributed by atoms with Crippen molar-refractivity contribution in [1.29, 1.82) is 0 Å². The fourth-order valence-electron chi connectivity index (χ4n) is 1.15. The van der Waals surface area contributed by atoms with Crippen molar-refractivity contribution in [2.24, 2.45) is 5.73 Å². The Bertz CT molecular complexity index is 275. The van der Waals surface area contributed by atoms with Crippen molar-refractivity contribution in [3.63, 3.8) is 0 Å². The molecule has 0 spiro atoms. The standard InChI is InChI=1S/C10H14BNO/c1-2-9-4-3-5-10(6-9)7-11-13-8-12/h2-6,11H,1,7-8,12H2. The Morgan fingerprint density at radius 1 is 1.54 bits per heavy atom. The third kappa shape index (κ3) is 3.44. The molecule has 0 fully saturated rings. The summed E-state index contributed by atoms with van der Waals surface area (Å²) >= 11 is 0. The summed E-state index contributed by atoms with van der Waals surface area (Å²) in [7, 11) is 0.678. The predicted octanol–water partition coefficient (Wildman–Crippen LogP) is 1.11. The van der Waals surface area contributed by atoms with E-state index in [2.05, 4.69) is 18.7 Å². The highest BCUT2D eigenvalue weighted by atomic mass is 16.4. The highest BCUT2D eigenvalue weighted by molar-refractivity contribution is 6.26. The maximum atomic E-state index is 5.21. The smallest absolute Gasteiger partial charge is 0.281 e. The second-order valence-corrected chi connectivity index (χ2v) is 2.77. The van der Waals surface area contributed by atoms with E-state index < -0.39 is 0 Å². The number of hydrogen-bond acceptors (Lipinski definition) is 2. The van der Waals surface area contributed by atoms with E-state index in [-0.39, 0.29) is 0 Å². The minimum Gasteiger partial charge on any atom is -0.427 e. The number of benzene rings is 1. The summed E-state index contributed by atoms with van der Waals surface area (Å²) in [6.07, 6.45) is 2.74. The van der Waals surface area contributed by atoms with Crippen molar-refractivity contribution < 1.29 is 4.65 Å². The van der Waals surface area contributed by atoms with Crippen LogP contribution in [-0.2, 0) is 11.0 Å². The van der Waals surface area contributed by atoms with Crippen LogP contribution in [0.2, 0.25) is 0 Å². The maximum absolute atomic E-state index is 5.21. The van der Waals surface area contributed by atoms with Crippen LogP contribution in [0, 0.1) is 0 Å². The number of rotatable bonds is 5. The molecular formula is C10H14BNO. The molecule has 0 saturated heterocycles. The third-order valence-electron chi connectivity index (χ3n) is 1.84. The van der Waals surface area contributed by atoms with Gasteiger partial charge in [-0.15, -0.1) is 0 Å². The van der Waals surface area contributed by atoms with Crippen molar-refractivity contribution in [3.05, 3.63) is 42.0 Å². The van der Waals surface area contributed by atoms with Gasteiger partial charge in [0.25, 0.3) is 7.48 Å². The summed E-state index contributed by atoms with van der Waals surface area (Å²) in [5.41, 5.74) is 7.61. The van der Waals surface area contributed by atoms with Gasteiger partial charge < -0.3 is 10.4 Å². The van der Waals surface area contributed by atoms with E-state index in [1.165, 1.54) is 5.56 Å². The lowest BCUT2D eigenvalue weighted by atomic mass is 9.89. The van der Waals surface area contributed by atoms with Gasteiger partial charge in [-0.1, -0.05) is 42.5 Å². The lowest BCUT2D eigenvalue weighted by Crippen LogP contribution is -2.10. The molecule has 0 heterocycles. The summed E-state index contributed by atoms with van der Waals surface area (Å²) in [5.74, 6) is 0. The maximum Gasteiger partial charge on any atom is 0.281 e. The molecule has 3 heteroatoms. The minimum absolute atomic E-state index is 0.293. The summed E-state index contributed by atoms with van der Waals surface area (Å²) in [4.78, 5) is 0. The van der Waals surface area contributed by atoms with Crippen molar-refractivity contribution >= 4 is 13.6 Å². The zero-order valence-corrected chi connectivity index (χ0v) is 7.70. The molecule has 1 aromatic carbocycles. The molecule has 68 valence electrons. The SMILES string of the molecule is C=Cc1cccc(CBOCN)c1. The Kier molecular flexibility index (Phi) is 4.29. The van der Waals surface area contributed by atoms with Gasteiger partial charge in [0.15, 0.2) is 0 Å². The molecule has 0 bridgehead atoms. The van der Waals surface area contributed by atoms with Crippen molar-refractivity contribution in [3.8, 4) is 0 Å². The van der Waals surface area contributed by atoms with E-state index >= 15 is 0 Å². The first-order valence-electron chi connectivity index (χ1n) is 4.36. The van der Waals surface area contributed by atoms with Gasteiger partial charge in [0.05, 0.1) is 6.73 Å². The molecule has 0 atom stereocenters. The van der Waals surface area contributed by atoms with E-state index in [0.29, 0.717) is 14.2 Å². The summed E-state index contributed by atoms with van der Waals surface area (Å²) in [5, 5.41) is 0. The molecule has 0 aromatic heterocycles. The normalized spacial score (nSPS) is 9.62. The molecule has 0 radical (unpaired) electrons. The van der Waals surface area contributed by atoms with Crippen LogP contribution >= 0.6 is 0 Å². The van der Waals surface area contributed by atoms with E-state index in [4.69, 9.17) is 10.4 Å². The fourth-order valence-corrected chi connectivity index (χ4v) is 1.15.